The monoisotopic (exact) mass is 201 g/mol. The maximum absolute atomic E-state index is 5.70. The minimum atomic E-state index is 0.613. The van der Waals surface area contributed by atoms with Crippen molar-refractivity contribution in [2.45, 2.75) is 31.6 Å². The molecule has 0 N–H and O–H groups in total. The highest BCUT2D eigenvalue weighted by Gasteiger charge is 2.18. The molecule has 3 heteroatoms. The lowest BCUT2D eigenvalue weighted by molar-refractivity contribution is 0.314. The van der Waals surface area contributed by atoms with Crippen LogP contribution in [-0.2, 0) is 12.3 Å². The van der Waals surface area contributed by atoms with Crippen LogP contribution >= 0.6 is 22.9 Å². The first-order valence-corrected chi connectivity index (χ1v) is 5.73. The summed E-state index contributed by atoms with van der Waals surface area (Å²) in [4.78, 5) is 5.54. The molecule has 1 saturated carbocycles. The molecule has 0 saturated heterocycles. The lowest BCUT2D eigenvalue weighted by atomic mass is 9.83. The van der Waals surface area contributed by atoms with Gasteiger partial charge in [0.25, 0.3) is 0 Å². The summed E-state index contributed by atoms with van der Waals surface area (Å²) in [7, 11) is 0. The number of nitrogens with zero attached hydrogens (tertiary/aromatic N) is 1. The van der Waals surface area contributed by atoms with Crippen LogP contribution in [0.2, 0.25) is 0 Å². The van der Waals surface area contributed by atoms with Crippen LogP contribution in [0.5, 0.6) is 0 Å². The smallest absolute Gasteiger partial charge is 0.0930 e. The van der Waals surface area contributed by atoms with Gasteiger partial charge in [0.15, 0.2) is 0 Å². The predicted octanol–water partition coefficient (Wildman–Crippen LogP) is 3.22. The summed E-state index contributed by atoms with van der Waals surface area (Å²) in [6, 6.07) is 0. The Morgan fingerprint density at radius 1 is 1.58 bits per heavy atom. The lowest BCUT2D eigenvalue weighted by Gasteiger charge is -2.23. The third-order valence-corrected chi connectivity index (χ3v) is 3.89. The number of alkyl halides is 1. The summed E-state index contributed by atoms with van der Waals surface area (Å²) in [6.45, 7) is 0. The van der Waals surface area contributed by atoms with E-state index in [1.54, 1.807) is 11.3 Å². The van der Waals surface area contributed by atoms with E-state index in [-0.39, 0.29) is 0 Å². The van der Waals surface area contributed by atoms with Crippen LogP contribution in [0.1, 0.15) is 29.1 Å². The zero-order valence-electron chi connectivity index (χ0n) is 6.92. The molecular weight excluding hydrogens is 190 g/mol. The highest BCUT2D eigenvalue weighted by Crippen LogP contribution is 2.31. The molecule has 1 fully saturated rings. The second kappa shape index (κ2) is 3.75. The van der Waals surface area contributed by atoms with Crippen molar-refractivity contribution in [3.63, 3.8) is 0 Å². The highest BCUT2D eigenvalue weighted by molar-refractivity contribution is 7.11. The van der Waals surface area contributed by atoms with E-state index in [0.29, 0.717) is 5.88 Å². The van der Waals surface area contributed by atoms with Gasteiger partial charge in [-0.2, -0.15) is 0 Å². The van der Waals surface area contributed by atoms with Gasteiger partial charge < -0.3 is 0 Å². The van der Waals surface area contributed by atoms with Crippen LogP contribution in [-0.4, -0.2) is 4.98 Å². The molecule has 0 spiro atoms. The van der Waals surface area contributed by atoms with E-state index in [9.17, 15) is 0 Å². The standard InChI is InChI=1S/C9H12ClNS/c10-5-8-6-11-9(12-8)4-7-2-1-3-7/h6-7H,1-5H2. The van der Waals surface area contributed by atoms with Gasteiger partial charge in [0.2, 0.25) is 0 Å². The Balaban J connectivity index is 1.93. The van der Waals surface area contributed by atoms with Crippen molar-refractivity contribution in [3.05, 3.63) is 16.1 Å². The van der Waals surface area contributed by atoms with Gasteiger partial charge in [0.05, 0.1) is 10.9 Å². The number of halogens is 1. The Morgan fingerprint density at radius 2 is 2.42 bits per heavy atom. The van der Waals surface area contributed by atoms with Crippen LogP contribution in [0.25, 0.3) is 0 Å². The van der Waals surface area contributed by atoms with E-state index in [1.165, 1.54) is 35.6 Å². The summed E-state index contributed by atoms with van der Waals surface area (Å²) in [5.74, 6) is 1.53. The molecule has 0 atom stereocenters. The third-order valence-electron chi connectivity index (χ3n) is 2.42. The molecule has 1 heterocycles. The summed E-state index contributed by atoms with van der Waals surface area (Å²) in [5, 5.41) is 1.27. The quantitative estimate of drug-likeness (QED) is 0.685. The Morgan fingerprint density at radius 3 is 2.92 bits per heavy atom. The second-order valence-electron chi connectivity index (χ2n) is 3.35. The van der Waals surface area contributed by atoms with E-state index in [1.807, 2.05) is 6.20 Å². The van der Waals surface area contributed by atoms with Gasteiger partial charge in [0.1, 0.15) is 0 Å². The van der Waals surface area contributed by atoms with E-state index in [4.69, 9.17) is 11.6 Å². The number of rotatable bonds is 3. The topological polar surface area (TPSA) is 12.9 Å². The average molecular weight is 202 g/mol. The normalized spacial score (nSPS) is 17.8. The molecule has 66 valence electrons. The fraction of sp³-hybridized carbons (Fsp3) is 0.667. The van der Waals surface area contributed by atoms with Crippen LogP contribution in [0.15, 0.2) is 6.20 Å². The summed E-state index contributed by atoms with van der Waals surface area (Å²) in [5.41, 5.74) is 0. The van der Waals surface area contributed by atoms with Crippen molar-refractivity contribution in [2.75, 3.05) is 0 Å². The largest absolute Gasteiger partial charge is 0.249 e. The van der Waals surface area contributed by atoms with Gasteiger partial charge in [0, 0.05) is 17.5 Å². The molecular formula is C9H12ClNS. The minimum absolute atomic E-state index is 0.613. The Bertz CT molecular complexity index is 255. The van der Waals surface area contributed by atoms with Crippen molar-refractivity contribution in [3.8, 4) is 0 Å². The third kappa shape index (κ3) is 1.80. The first-order valence-electron chi connectivity index (χ1n) is 4.38. The molecule has 1 aliphatic rings. The predicted molar refractivity (Wildman–Crippen MR) is 52.7 cm³/mol. The number of hydrogen-bond acceptors (Lipinski definition) is 2. The maximum atomic E-state index is 5.70. The lowest BCUT2D eigenvalue weighted by Crippen LogP contribution is -2.13. The molecule has 1 aromatic heterocycles. The summed E-state index contributed by atoms with van der Waals surface area (Å²) < 4.78 is 0. The Hall–Kier alpha value is -0.0800. The van der Waals surface area contributed by atoms with Crippen molar-refractivity contribution in [2.24, 2.45) is 5.92 Å². The first-order chi connectivity index (χ1) is 5.88. The number of thiazole rings is 1. The molecule has 0 bridgehead atoms. The van der Waals surface area contributed by atoms with Crippen LogP contribution < -0.4 is 0 Å². The van der Waals surface area contributed by atoms with Gasteiger partial charge in [-0.3, -0.25) is 0 Å². The molecule has 0 unspecified atom stereocenters. The molecule has 1 aromatic rings. The fourth-order valence-electron chi connectivity index (χ4n) is 1.45. The van der Waals surface area contributed by atoms with Crippen LogP contribution in [0, 0.1) is 5.92 Å². The molecule has 0 aromatic carbocycles. The summed E-state index contributed by atoms with van der Waals surface area (Å²) >= 11 is 7.46. The number of aromatic nitrogens is 1. The molecule has 2 rings (SSSR count). The summed E-state index contributed by atoms with van der Waals surface area (Å²) in [6.07, 6.45) is 7.30. The highest BCUT2D eigenvalue weighted by atomic mass is 35.5. The number of hydrogen-bond donors (Lipinski definition) is 0. The maximum Gasteiger partial charge on any atom is 0.0930 e. The van der Waals surface area contributed by atoms with Gasteiger partial charge in [-0.05, 0) is 5.92 Å². The van der Waals surface area contributed by atoms with Gasteiger partial charge in [-0.1, -0.05) is 19.3 Å². The first kappa shape index (κ1) is 8.52. The van der Waals surface area contributed by atoms with Crippen molar-refractivity contribution < 1.29 is 0 Å². The Labute approximate surface area is 81.8 Å². The molecule has 12 heavy (non-hydrogen) atoms. The van der Waals surface area contributed by atoms with Crippen molar-refractivity contribution in [1.29, 1.82) is 0 Å². The van der Waals surface area contributed by atoms with E-state index >= 15 is 0 Å². The van der Waals surface area contributed by atoms with E-state index < -0.39 is 0 Å². The van der Waals surface area contributed by atoms with Crippen LogP contribution in [0.3, 0.4) is 0 Å². The van der Waals surface area contributed by atoms with Gasteiger partial charge in [-0.15, -0.1) is 22.9 Å². The van der Waals surface area contributed by atoms with E-state index in [2.05, 4.69) is 4.98 Å². The molecule has 0 amide bonds. The molecule has 1 nitrogen and oxygen atoms in total. The van der Waals surface area contributed by atoms with Crippen molar-refractivity contribution in [1.82, 2.24) is 4.98 Å². The van der Waals surface area contributed by atoms with Gasteiger partial charge >= 0.3 is 0 Å². The second-order valence-corrected chi connectivity index (χ2v) is 4.82. The zero-order chi connectivity index (χ0) is 8.39. The van der Waals surface area contributed by atoms with Crippen molar-refractivity contribution >= 4 is 22.9 Å². The van der Waals surface area contributed by atoms with Gasteiger partial charge in [-0.25, -0.2) is 4.98 Å². The van der Waals surface area contributed by atoms with E-state index in [0.717, 1.165) is 5.92 Å². The van der Waals surface area contributed by atoms with Crippen LogP contribution in [0.4, 0.5) is 0 Å². The Kier molecular flexibility index (Phi) is 2.66. The average Bonchev–Trinajstić information content (AvgIpc) is 2.44. The SMILES string of the molecule is ClCc1cnc(CC2CCC2)s1. The minimum Gasteiger partial charge on any atom is -0.249 e. The fourth-order valence-corrected chi connectivity index (χ4v) is 2.57. The molecule has 0 aliphatic heterocycles. The molecule has 0 radical (unpaired) electrons. The zero-order valence-corrected chi connectivity index (χ0v) is 8.50. The molecule has 1 aliphatic carbocycles.